The standard InChI is InChI=1S/C23H29ClN2O4S/c1-17-7-8-21(15-18(17)2)30-14-11-25-23(27)19-9-12-26(13-10-19)31(28,29)16-20-5-3-4-6-22(20)24/h3-8,15,19H,9-14,16H2,1-2H3,(H,25,27). The number of aryl methyl sites for hydroxylation is 2. The zero-order chi connectivity index (χ0) is 22.4. The van der Waals surface area contributed by atoms with Crippen molar-refractivity contribution in [3.63, 3.8) is 0 Å². The van der Waals surface area contributed by atoms with Gasteiger partial charge in [-0.2, -0.15) is 0 Å². The highest BCUT2D eigenvalue weighted by molar-refractivity contribution is 7.88. The maximum Gasteiger partial charge on any atom is 0.223 e. The van der Waals surface area contributed by atoms with Gasteiger partial charge in [0.25, 0.3) is 0 Å². The van der Waals surface area contributed by atoms with Crippen molar-refractivity contribution in [2.24, 2.45) is 5.92 Å². The molecule has 1 amide bonds. The van der Waals surface area contributed by atoms with Gasteiger partial charge in [-0.3, -0.25) is 4.79 Å². The SMILES string of the molecule is Cc1ccc(OCCNC(=O)C2CCN(S(=O)(=O)Cc3ccccc3Cl)CC2)cc1C. The number of halogens is 1. The lowest BCUT2D eigenvalue weighted by Crippen LogP contribution is -2.44. The second kappa shape index (κ2) is 10.5. The zero-order valence-electron chi connectivity index (χ0n) is 17.9. The van der Waals surface area contributed by atoms with E-state index >= 15 is 0 Å². The van der Waals surface area contributed by atoms with Crippen LogP contribution in [-0.2, 0) is 20.6 Å². The van der Waals surface area contributed by atoms with Crippen LogP contribution in [0.1, 0.15) is 29.5 Å². The Morgan fingerprint density at radius 3 is 2.52 bits per heavy atom. The van der Waals surface area contributed by atoms with E-state index in [9.17, 15) is 13.2 Å². The molecule has 0 unspecified atom stereocenters. The third-order valence-corrected chi connectivity index (χ3v) is 7.86. The minimum Gasteiger partial charge on any atom is -0.492 e. The van der Waals surface area contributed by atoms with E-state index in [1.807, 2.05) is 32.0 Å². The molecule has 6 nitrogen and oxygen atoms in total. The first-order chi connectivity index (χ1) is 14.8. The van der Waals surface area contributed by atoms with Gasteiger partial charge in [-0.05, 0) is 61.6 Å². The molecular formula is C23H29ClN2O4S. The van der Waals surface area contributed by atoms with Crippen molar-refractivity contribution >= 4 is 27.5 Å². The predicted molar refractivity (Wildman–Crippen MR) is 123 cm³/mol. The van der Waals surface area contributed by atoms with E-state index in [0.717, 1.165) is 11.3 Å². The van der Waals surface area contributed by atoms with Gasteiger partial charge in [-0.15, -0.1) is 0 Å². The third-order valence-electron chi connectivity index (χ3n) is 5.66. The Labute approximate surface area is 189 Å². The summed E-state index contributed by atoms with van der Waals surface area (Å²) >= 11 is 6.10. The van der Waals surface area contributed by atoms with Crippen molar-refractivity contribution in [3.05, 3.63) is 64.2 Å². The molecule has 0 spiro atoms. The molecule has 0 aromatic heterocycles. The van der Waals surface area contributed by atoms with E-state index < -0.39 is 10.0 Å². The Bertz CT molecular complexity index is 1020. The number of sulfonamides is 1. The van der Waals surface area contributed by atoms with E-state index in [1.54, 1.807) is 24.3 Å². The summed E-state index contributed by atoms with van der Waals surface area (Å²) < 4.78 is 32.6. The molecule has 0 radical (unpaired) electrons. The summed E-state index contributed by atoms with van der Waals surface area (Å²) in [7, 11) is -3.47. The van der Waals surface area contributed by atoms with Gasteiger partial charge in [-0.1, -0.05) is 35.9 Å². The topological polar surface area (TPSA) is 75.7 Å². The summed E-state index contributed by atoms with van der Waals surface area (Å²) in [5, 5.41) is 3.35. The molecular weight excluding hydrogens is 436 g/mol. The fraction of sp³-hybridized carbons (Fsp3) is 0.435. The Hall–Kier alpha value is -2.09. The second-order valence-corrected chi connectivity index (χ2v) is 10.3. The monoisotopic (exact) mass is 464 g/mol. The zero-order valence-corrected chi connectivity index (χ0v) is 19.5. The van der Waals surface area contributed by atoms with Gasteiger partial charge in [0.15, 0.2) is 0 Å². The lowest BCUT2D eigenvalue weighted by atomic mass is 9.97. The van der Waals surface area contributed by atoms with Gasteiger partial charge >= 0.3 is 0 Å². The number of hydrogen-bond donors (Lipinski definition) is 1. The number of hydrogen-bond acceptors (Lipinski definition) is 4. The number of amides is 1. The molecule has 0 saturated carbocycles. The van der Waals surface area contributed by atoms with Crippen LogP contribution in [0, 0.1) is 19.8 Å². The van der Waals surface area contributed by atoms with Crippen LogP contribution in [0.25, 0.3) is 0 Å². The number of nitrogens with one attached hydrogen (secondary N) is 1. The van der Waals surface area contributed by atoms with Crippen LogP contribution in [0.2, 0.25) is 5.02 Å². The number of benzene rings is 2. The van der Waals surface area contributed by atoms with Crippen LogP contribution in [0.3, 0.4) is 0 Å². The highest BCUT2D eigenvalue weighted by Crippen LogP contribution is 2.24. The average Bonchev–Trinajstić information content (AvgIpc) is 2.75. The van der Waals surface area contributed by atoms with Crippen LogP contribution >= 0.6 is 11.6 Å². The Morgan fingerprint density at radius 2 is 1.84 bits per heavy atom. The average molecular weight is 465 g/mol. The maximum atomic E-state index is 12.7. The normalized spacial score (nSPS) is 15.6. The fourth-order valence-corrected chi connectivity index (χ4v) is 5.47. The van der Waals surface area contributed by atoms with Gasteiger partial charge in [0.1, 0.15) is 12.4 Å². The molecule has 31 heavy (non-hydrogen) atoms. The van der Waals surface area contributed by atoms with E-state index in [-0.39, 0.29) is 17.6 Å². The maximum absolute atomic E-state index is 12.7. The first-order valence-electron chi connectivity index (χ1n) is 10.5. The first kappa shape index (κ1) is 23.6. The van der Waals surface area contributed by atoms with Crippen molar-refractivity contribution in [1.82, 2.24) is 9.62 Å². The summed E-state index contributed by atoms with van der Waals surface area (Å²) in [5.74, 6) is 0.425. The Morgan fingerprint density at radius 1 is 1.13 bits per heavy atom. The van der Waals surface area contributed by atoms with Crippen LogP contribution in [0.4, 0.5) is 0 Å². The van der Waals surface area contributed by atoms with Crippen molar-refractivity contribution in [3.8, 4) is 5.75 Å². The molecule has 1 aliphatic rings. The quantitative estimate of drug-likeness (QED) is 0.604. The molecule has 168 valence electrons. The van der Waals surface area contributed by atoms with Gasteiger partial charge < -0.3 is 10.1 Å². The van der Waals surface area contributed by atoms with E-state index in [0.29, 0.717) is 49.7 Å². The molecule has 8 heteroatoms. The summed E-state index contributed by atoms with van der Waals surface area (Å²) in [5.41, 5.74) is 2.96. The minimum atomic E-state index is -3.47. The van der Waals surface area contributed by atoms with Crippen LogP contribution in [-0.4, -0.2) is 44.9 Å². The molecule has 1 fully saturated rings. The molecule has 1 N–H and O–H groups in total. The molecule has 0 atom stereocenters. The summed E-state index contributed by atoms with van der Waals surface area (Å²) in [6.07, 6.45) is 1.01. The lowest BCUT2D eigenvalue weighted by Gasteiger charge is -2.30. The van der Waals surface area contributed by atoms with Gasteiger partial charge in [0, 0.05) is 24.0 Å². The minimum absolute atomic E-state index is 0.0492. The van der Waals surface area contributed by atoms with E-state index in [1.165, 1.54) is 9.87 Å². The van der Waals surface area contributed by atoms with Crippen molar-refractivity contribution < 1.29 is 17.9 Å². The second-order valence-electron chi connectivity index (χ2n) is 7.91. The summed E-state index contributed by atoms with van der Waals surface area (Å²) in [6, 6.07) is 12.9. The van der Waals surface area contributed by atoms with Gasteiger partial charge in [0.05, 0.1) is 12.3 Å². The van der Waals surface area contributed by atoms with Crippen LogP contribution in [0.15, 0.2) is 42.5 Å². The van der Waals surface area contributed by atoms with E-state index in [4.69, 9.17) is 16.3 Å². The number of carbonyl (C=O) groups excluding carboxylic acids is 1. The van der Waals surface area contributed by atoms with Crippen LogP contribution in [0.5, 0.6) is 5.75 Å². The summed E-state index contributed by atoms with van der Waals surface area (Å²) in [4.78, 5) is 12.4. The number of ether oxygens (including phenoxy) is 1. The molecule has 3 rings (SSSR count). The smallest absolute Gasteiger partial charge is 0.223 e. The van der Waals surface area contributed by atoms with Crippen LogP contribution < -0.4 is 10.1 Å². The molecule has 1 saturated heterocycles. The Balaban J connectivity index is 1.42. The highest BCUT2D eigenvalue weighted by Gasteiger charge is 2.31. The van der Waals surface area contributed by atoms with Gasteiger partial charge in [0.2, 0.25) is 15.9 Å². The van der Waals surface area contributed by atoms with Gasteiger partial charge in [-0.25, -0.2) is 12.7 Å². The number of piperidine rings is 1. The first-order valence-corrected chi connectivity index (χ1v) is 12.4. The fourth-order valence-electron chi connectivity index (χ4n) is 3.59. The number of rotatable bonds is 8. The number of carbonyl (C=O) groups is 1. The third kappa shape index (κ3) is 6.45. The number of nitrogens with zero attached hydrogens (tertiary/aromatic N) is 1. The molecule has 0 bridgehead atoms. The molecule has 1 aliphatic heterocycles. The lowest BCUT2D eigenvalue weighted by molar-refractivity contribution is -0.126. The summed E-state index contributed by atoms with van der Waals surface area (Å²) in [6.45, 7) is 5.56. The molecule has 2 aromatic carbocycles. The predicted octanol–water partition coefficient (Wildman–Crippen LogP) is 3.69. The van der Waals surface area contributed by atoms with Crippen molar-refractivity contribution in [2.75, 3.05) is 26.2 Å². The molecule has 2 aromatic rings. The highest BCUT2D eigenvalue weighted by atomic mass is 35.5. The Kier molecular flexibility index (Phi) is 7.97. The largest absolute Gasteiger partial charge is 0.492 e. The van der Waals surface area contributed by atoms with Crippen molar-refractivity contribution in [1.29, 1.82) is 0 Å². The molecule has 1 heterocycles. The van der Waals surface area contributed by atoms with Crippen molar-refractivity contribution in [2.45, 2.75) is 32.4 Å². The van der Waals surface area contributed by atoms with E-state index in [2.05, 4.69) is 5.32 Å². The molecule has 0 aliphatic carbocycles.